The van der Waals surface area contributed by atoms with Crippen LogP contribution in [0.2, 0.25) is 0 Å². The summed E-state index contributed by atoms with van der Waals surface area (Å²) in [6.45, 7) is 15.2. The van der Waals surface area contributed by atoms with Gasteiger partial charge in [-0.05, 0) is 18.9 Å². The van der Waals surface area contributed by atoms with Gasteiger partial charge in [-0.15, -0.1) is 6.58 Å². The fraction of sp³-hybridized carbons (Fsp3) is 0.846. The van der Waals surface area contributed by atoms with E-state index in [1.807, 2.05) is 13.1 Å². The van der Waals surface area contributed by atoms with Crippen molar-refractivity contribution in [2.75, 3.05) is 26.8 Å². The van der Waals surface area contributed by atoms with E-state index in [0.29, 0.717) is 0 Å². The van der Waals surface area contributed by atoms with Gasteiger partial charge in [0.05, 0.1) is 13.2 Å². The van der Waals surface area contributed by atoms with Crippen molar-refractivity contribution in [2.24, 2.45) is 10.8 Å². The lowest BCUT2D eigenvalue weighted by molar-refractivity contribution is 0.0170. The highest BCUT2D eigenvalue weighted by Crippen LogP contribution is 2.22. The third-order valence-corrected chi connectivity index (χ3v) is 2.34. The molecule has 0 saturated carbocycles. The van der Waals surface area contributed by atoms with E-state index in [2.05, 4.69) is 39.6 Å². The van der Waals surface area contributed by atoms with E-state index in [1.165, 1.54) is 0 Å². The summed E-state index contributed by atoms with van der Waals surface area (Å²) < 4.78 is 5.78. The highest BCUT2D eigenvalue weighted by atomic mass is 16.5. The van der Waals surface area contributed by atoms with Crippen LogP contribution in [0.15, 0.2) is 12.7 Å². The summed E-state index contributed by atoms with van der Waals surface area (Å²) in [7, 11) is 1.98. The minimum Gasteiger partial charge on any atom is -0.380 e. The van der Waals surface area contributed by atoms with E-state index in [9.17, 15) is 0 Å². The van der Waals surface area contributed by atoms with Crippen molar-refractivity contribution in [3.63, 3.8) is 0 Å². The first-order valence-electron chi connectivity index (χ1n) is 5.66. The summed E-state index contributed by atoms with van der Waals surface area (Å²) in [5.41, 5.74) is 0.413. The lowest BCUT2D eigenvalue weighted by Gasteiger charge is -2.28. The average molecular weight is 213 g/mol. The molecule has 0 radical (unpaired) electrons. The van der Waals surface area contributed by atoms with Crippen molar-refractivity contribution in [1.29, 1.82) is 0 Å². The molecule has 0 amide bonds. The SMILES string of the molecule is C=CCC(C)(C)COCC(C)(C)CNC. The first-order valence-corrected chi connectivity index (χ1v) is 5.66. The highest BCUT2D eigenvalue weighted by molar-refractivity contribution is 4.79. The Morgan fingerprint density at radius 2 is 1.67 bits per heavy atom. The summed E-state index contributed by atoms with van der Waals surface area (Å²) >= 11 is 0. The second-order valence-corrected chi connectivity index (χ2v) is 5.84. The van der Waals surface area contributed by atoms with Gasteiger partial charge in [0.25, 0.3) is 0 Å². The maximum atomic E-state index is 5.78. The van der Waals surface area contributed by atoms with Crippen molar-refractivity contribution in [3.05, 3.63) is 12.7 Å². The predicted octanol–water partition coefficient (Wildman–Crippen LogP) is 2.85. The number of hydrogen-bond acceptors (Lipinski definition) is 2. The van der Waals surface area contributed by atoms with E-state index in [4.69, 9.17) is 4.74 Å². The number of rotatable bonds is 8. The van der Waals surface area contributed by atoms with Crippen LogP contribution in [0.3, 0.4) is 0 Å². The van der Waals surface area contributed by atoms with Gasteiger partial charge in [0.15, 0.2) is 0 Å². The molecule has 1 N–H and O–H groups in total. The monoisotopic (exact) mass is 213 g/mol. The first kappa shape index (κ1) is 14.7. The Kier molecular flexibility index (Phi) is 6.15. The minimum absolute atomic E-state index is 0.206. The predicted molar refractivity (Wildman–Crippen MR) is 67.1 cm³/mol. The van der Waals surface area contributed by atoms with Crippen LogP contribution >= 0.6 is 0 Å². The quantitative estimate of drug-likeness (QED) is 0.626. The minimum atomic E-state index is 0.206. The van der Waals surface area contributed by atoms with Crippen molar-refractivity contribution in [2.45, 2.75) is 34.1 Å². The molecule has 0 aromatic carbocycles. The zero-order chi connectivity index (χ0) is 11.9. The van der Waals surface area contributed by atoms with Gasteiger partial charge in [-0.1, -0.05) is 33.8 Å². The van der Waals surface area contributed by atoms with Crippen molar-refractivity contribution >= 4 is 0 Å². The standard InChI is InChI=1S/C13H27NO/c1-7-8-12(2,3)10-15-11-13(4,5)9-14-6/h7,14H,1,8-11H2,2-6H3. The smallest absolute Gasteiger partial charge is 0.0529 e. The van der Waals surface area contributed by atoms with E-state index < -0.39 is 0 Å². The molecule has 0 aliphatic carbocycles. The number of nitrogens with one attached hydrogen (secondary N) is 1. The maximum Gasteiger partial charge on any atom is 0.0529 e. The summed E-state index contributed by atoms with van der Waals surface area (Å²) in [6, 6.07) is 0. The molecule has 0 bridgehead atoms. The first-order chi connectivity index (χ1) is 6.83. The third-order valence-electron chi connectivity index (χ3n) is 2.34. The summed E-state index contributed by atoms with van der Waals surface area (Å²) in [4.78, 5) is 0. The second-order valence-electron chi connectivity index (χ2n) is 5.84. The van der Waals surface area contributed by atoms with Crippen molar-refractivity contribution < 1.29 is 4.74 Å². The number of hydrogen-bond donors (Lipinski definition) is 1. The molecule has 2 nitrogen and oxygen atoms in total. The normalized spacial score (nSPS) is 12.9. The molecule has 0 spiro atoms. The molecule has 0 unspecified atom stereocenters. The molecule has 0 aliphatic heterocycles. The van der Waals surface area contributed by atoms with E-state index in [1.54, 1.807) is 0 Å². The third kappa shape index (κ3) is 7.57. The Morgan fingerprint density at radius 1 is 1.13 bits per heavy atom. The van der Waals surface area contributed by atoms with E-state index in [0.717, 1.165) is 26.2 Å². The van der Waals surface area contributed by atoms with E-state index >= 15 is 0 Å². The van der Waals surface area contributed by atoms with Crippen LogP contribution in [-0.2, 0) is 4.74 Å². The summed E-state index contributed by atoms with van der Waals surface area (Å²) in [5, 5.41) is 3.18. The van der Waals surface area contributed by atoms with Gasteiger partial charge < -0.3 is 10.1 Å². The fourth-order valence-corrected chi connectivity index (χ4v) is 1.58. The molecule has 0 fully saturated rings. The van der Waals surface area contributed by atoms with Gasteiger partial charge in [0.2, 0.25) is 0 Å². The van der Waals surface area contributed by atoms with Crippen molar-refractivity contribution in [1.82, 2.24) is 5.32 Å². The van der Waals surface area contributed by atoms with Crippen LogP contribution in [0.5, 0.6) is 0 Å². The highest BCUT2D eigenvalue weighted by Gasteiger charge is 2.20. The van der Waals surface area contributed by atoms with Gasteiger partial charge in [0.1, 0.15) is 0 Å². The summed E-state index contributed by atoms with van der Waals surface area (Å²) in [5.74, 6) is 0. The van der Waals surface area contributed by atoms with Crippen LogP contribution in [0.25, 0.3) is 0 Å². The fourth-order valence-electron chi connectivity index (χ4n) is 1.58. The molecular formula is C13H27NO. The Bertz CT molecular complexity index is 185. The van der Waals surface area contributed by atoms with Crippen LogP contribution < -0.4 is 5.32 Å². The van der Waals surface area contributed by atoms with Gasteiger partial charge in [0, 0.05) is 12.0 Å². The van der Waals surface area contributed by atoms with Crippen molar-refractivity contribution in [3.8, 4) is 0 Å². The second kappa shape index (κ2) is 6.29. The van der Waals surface area contributed by atoms with Gasteiger partial charge >= 0.3 is 0 Å². The van der Waals surface area contributed by atoms with Crippen LogP contribution in [0.1, 0.15) is 34.1 Å². The molecule has 0 aliphatic rings. The molecule has 0 heterocycles. The Labute approximate surface area is 95.1 Å². The van der Waals surface area contributed by atoms with Crippen LogP contribution in [0.4, 0.5) is 0 Å². The molecule has 0 aromatic rings. The van der Waals surface area contributed by atoms with E-state index in [-0.39, 0.29) is 10.8 Å². The number of allylic oxidation sites excluding steroid dienone is 1. The topological polar surface area (TPSA) is 21.3 Å². The lowest BCUT2D eigenvalue weighted by Crippen LogP contribution is -2.32. The number of ether oxygens (including phenoxy) is 1. The molecule has 0 saturated heterocycles. The zero-order valence-corrected chi connectivity index (χ0v) is 11.0. The Balaban J connectivity index is 3.82. The average Bonchev–Trinajstić information content (AvgIpc) is 2.02. The molecule has 0 rings (SSSR count). The van der Waals surface area contributed by atoms with Gasteiger partial charge in [-0.25, -0.2) is 0 Å². The molecule has 90 valence electrons. The van der Waals surface area contributed by atoms with Gasteiger partial charge in [-0.3, -0.25) is 0 Å². The summed E-state index contributed by atoms with van der Waals surface area (Å²) in [6.07, 6.45) is 2.96. The molecule has 2 heteroatoms. The maximum absolute atomic E-state index is 5.78. The molecular weight excluding hydrogens is 186 g/mol. The Morgan fingerprint density at radius 3 is 2.13 bits per heavy atom. The Hall–Kier alpha value is -0.340. The molecule has 0 atom stereocenters. The lowest BCUT2D eigenvalue weighted by atomic mass is 9.90. The largest absolute Gasteiger partial charge is 0.380 e. The zero-order valence-electron chi connectivity index (χ0n) is 11.0. The van der Waals surface area contributed by atoms with Crippen LogP contribution in [-0.4, -0.2) is 26.8 Å². The van der Waals surface area contributed by atoms with Crippen LogP contribution in [0, 0.1) is 10.8 Å². The molecule has 15 heavy (non-hydrogen) atoms. The van der Waals surface area contributed by atoms with Gasteiger partial charge in [-0.2, -0.15) is 0 Å². The molecule has 0 aromatic heterocycles.